The van der Waals surface area contributed by atoms with Crippen molar-refractivity contribution in [3.63, 3.8) is 0 Å². The van der Waals surface area contributed by atoms with Crippen LogP contribution in [0.1, 0.15) is 27.7 Å². The van der Waals surface area contributed by atoms with E-state index in [4.69, 9.17) is 5.73 Å². The van der Waals surface area contributed by atoms with Crippen LogP contribution in [0, 0.1) is 5.41 Å². The predicted octanol–water partition coefficient (Wildman–Crippen LogP) is 0.522. The minimum Gasteiger partial charge on any atom is -0.336 e. The summed E-state index contributed by atoms with van der Waals surface area (Å²) in [4.78, 5) is 16.4. The second-order valence-electron chi connectivity index (χ2n) is 5.99. The van der Waals surface area contributed by atoms with Crippen molar-refractivity contribution in [2.45, 2.75) is 39.8 Å². The molecule has 0 saturated carbocycles. The molecule has 4 heteroatoms. The number of nitrogens with zero attached hydrogens (tertiary/aromatic N) is 2. The fourth-order valence-electron chi connectivity index (χ4n) is 2.02. The van der Waals surface area contributed by atoms with Gasteiger partial charge in [-0.25, -0.2) is 0 Å². The first kappa shape index (κ1) is 13.5. The second kappa shape index (κ2) is 4.72. The summed E-state index contributed by atoms with van der Waals surface area (Å²) in [7, 11) is 2.09. The highest BCUT2D eigenvalue weighted by molar-refractivity contribution is 5.82. The van der Waals surface area contributed by atoms with Crippen LogP contribution >= 0.6 is 0 Å². The van der Waals surface area contributed by atoms with Gasteiger partial charge in [0.05, 0.1) is 6.04 Å². The first-order chi connectivity index (χ1) is 7.23. The van der Waals surface area contributed by atoms with Gasteiger partial charge in [0, 0.05) is 25.7 Å². The normalized spacial score (nSPS) is 25.6. The van der Waals surface area contributed by atoms with Gasteiger partial charge in [-0.05, 0) is 19.4 Å². The molecule has 1 rings (SSSR count). The van der Waals surface area contributed by atoms with E-state index in [1.54, 1.807) is 0 Å². The zero-order chi connectivity index (χ0) is 12.5. The van der Waals surface area contributed by atoms with Crippen molar-refractivity contribution in [1.29, 1.82) is 0 Å². The summed E-state index contributed by atoms with van der Waals surface area (Å²) in [6.45, 7) is 10.8. The molecule has 16 heavy (non-hydrogen) atoms. The Hall–Kier alpha value is -0.610. The van der Waals surface area contributed by atoms with Crippen molar-refractivity contribution in [2.75, 3.05) is 26.7 Å². The lowest BCUT2D eigenvalue weighted by Crippen LogP contribution is -2.59. The predicted molar refractivity (Wildman–Crippen MR) is 66.1 cm³/mol. The number of hydrogen-bond donors (Lipinski definition) is 1. The molecule has 0 aliphatic carbocycles. The fourth-order valence-corrected chi connectivity index (χ4v) is 2.02. The molecule has 2 atom stereocenters. The Kier molecular flexibility index (Phi) is 3.97. The summed E-state index contributed by atoms with van der Waals surface area (Å²) in [6, 6.07) is -0.141. The lowest BCUT2D eigenvalue weighted by atomic mass is 9.86. The number of amides is 1. The lowest BCUT2D eigenvalue weighted by Gasteiger charge is -2.41. The largest absolute Gasteiger partial charge is 0.336 e. The van der Waals surface area contributed by atoms with E-state index in [0.29, 0.717) is 0 Å². The fraction of sp³-hybridized carbons (Fsp3) is 0.917. The summed E-state index contributed by atoms with van der Waals surface area (Å²) >= 11 is 0. The van der Waals surface area contributed by atoms with E-state index in [-0.39, 0.29) is 17.4 Å². The molecule has 1 aliphatic rings. The third-order valence-corrected chi connectivity index (χ3v) is 3.31. The van der Waals surface area contributed by atoms with Crippen LogP contribution in [0.3, 0.4) is 0 Å². The number of likely N-dealkylation sites (N-methyl/N-ethyl adjacent to an activating group) is 1. The zero-order valence-corrected chi connectivity index (χ0v) is 11.2. The molecule has 1 aliphatic heterocycles. The van der Waals surface area contributed by atoms with Gasteiger partial charge in [0.15, 0.2) is 0 Å². The number of hydrogen-bond acceptors (Lipinski definition) is 3. The Morgan fingerprint density at radius 1 is 1.38 bits per heavy atom. The maximum Gasteiger partial charge on any atom is 0.240 e. The molecule has 94 valence electrons. The molecule has 1 heterocycles. The van der Waals surface area contributed by atoms with Gasteiger partial charge in [-0.3, -0.25) is 4.79 Å². The van der Waals surface area contributed by atoms with E-state index < -0.39 is 6.04 Å². The molecular formula is C12H25N3O. The van der Waals surface area contributed by atoms with Gasteiger partial charge in [-0.1, -0.05) is 20.8 Å². The third kappa shape index (κ3) is 2.95. The van der Waals surface area contributed by atoms with E-state index in [1.807, 2.05) is 25.7 Å². The summed E-state index contributed by atoms with van der Waals surface area (Å²) < 4.78 is 0. The van der Waals surface area contributed by atoms with Crippen LogP contribution in [0.2, 0.25) is 0 Å². The van der Waals surface area contributed by atoms with Gasteiger partial charge in [-0.2, -0.15) is 0 Å². The number of rotatable bonds is 1. The molecule has 1 unspecified atom stereocenters. The molecule has 2 N–H and O–H groups in total. The molecule has 0 spiro atoms. The molecular weight excluding hydrogens is 202 g/mol. The number of piperazine rings is 1. The monoisotopic (exact) mass is 227 g/mol. The van der Waals surface area contributed by atoms with Crippen molar-refractivity contribution in [2.24, 2.45) is 11.1 Å². The Morgan fingerprint density at radius 3 is 2.38 bits per heavy atom. The van der Waals surface area contributed by atoms with Crippen LogP contribution < -0.4 is 5.73 Å². The summed E-state index contributed by atoms with van der Waals surface area (Å²) in [5.74, 6) is 0.0908. The molecule has 1 amide bonds. The van der Waals surface area contributed by atoms with E-state index in [9.17, 15) is 4.79 Å². The Labute approximate surface area is 98.8 Å². The maximum atomic E-state index is 12.2. The van der Waals surface area contributed by atoms with Crippen molar-refractivity contribution in [1.82, 2.24) is 9.80 Å². The summed E-state index contributed by atoms with van der Waals surface area (Å²) in [5, 5.41) is 0. The molecule has 1 saturated heterocycles. The van der Waals surface area contributed by atoms with Crippen LogP contribution in [0.4, 0.5) is 0 Å². The molecule has 0 radical (unpaired) electrons. The van der Waals surface area contributed by atoms with Gasteiger partial charge in [0.1, 0.15) is 0 Å². The van der Waals surface area contributed by atoms with Crippen LogP contribution in [0.5, 0.6) is 0 Å². The topological polar surface area (TPSA) is 49.6 Å². The molecule has 1 fully saturated rings. The van der Waals surface area contributed by atoms with Crippen molar-refractivity contribution < 1.29 is 4.79 Å². The van der Waals surface area contributed by atoms with E-state index in [0.717, 1.165) is 19.6 Å². The smallest absolute Gasteiger partial charge is 0.240 e. The summed E-state index contributed by atoms with van der Waals surface area (Å²) in [5.41, 5.74) is 5.85. The van der Waals surface area contributed by atoms with E-state index >= 15 is 0 Å². The minimum absolute atomic E-state index is 0.0908. The standard InChI is InChI=1S/C12H25N3O/c1-9-8-14(5)6-7-15(9)11(16)10(13)12(2,3)4/h9-10H,6-8,13H2,1-5H3/t9?,10-/m1/s1. The maximum absolute atomic E-state index is 12.2. The molecule has 0 aromatic rings. The SMILES string of the molecule is CC1CN(C)CCN1C(=O)[C@@H](N)C(C)(C)C. The number of carbonyl (C=O) groups excluding carboxylic acids is 1. The van der Waals surface area contributed by atoms with Gasteiger partial charge in [-0.15, -0.1) is 0 Å². The highest BCUT2D eigenvalue weighted by atomic mass is 16.2. The van der Waals surface area contributed by atoms with Gasteiger partial charge in [0.2, 0.25) is 5.91 Å². The third-order valence-electron chi connectivity index (χ3n) is 3.31. The first-order valence-electron chi connectivity index (χ1n) is 5.98. The summed E-state index contributed by atoms with van der Waals surface area (Å²) in [6.07, 6.45) is 0. The molecule has 4 nitrogen and oxygen atoms in total. The molecule has 0 aromatic carbocycles. The van der Waals surface area contributed by atoms with Crippen LogP contribution in [0.15, 0.2) is 0 Å². The zero-order valence-electron chi connectivity index (χ0n) is 11.2. The number of nitrogens with two attached hydrogens (primary N) is 1. The Bertz CT molecular complexity index is 259. The van der Waals surface area contributed by atoms with Crippen molar-refractivity contribution in [3.05, 3.63) is 0 Å². The van der Waals surface area contributed by atoms with Crippen LogP contribution in [0.25, 0.3) is 0 Å². The van der Waals surface area contributed by atoms with Gasteiger partial charge in [0.25, 0.3) is 0 Å². The quantitative estimate of drug-likeness (QED) is 0.710. The Balaban J connectivity index is 2.67. The van der Waals surface area contributed by atoms with Crippen LogP contribution in [-0.2, 0) is 4.79 Å². The van der Waals surface area contributed by atoms with Crippen molar-refractivity contribution in [3.8, 4) is 0 Å². The minimum atomic E-state index is -0.404. The lowest BCUT2D eigenvalue weighted by molar-refractivity contribution is -0.139. The average Bonchev–Trinajstić information content (AvgIpc) is 2.14. The first-order valence-corrected chi connectivity index (χ1v) is 5.98. The van der Waals surface area contributed by atoms with E-state index in [1.165, 1.54) is 0 Å². The van der Waals surface area contributed by atoms with Gasteiger partial charge < -0.3 is 15.5 Å². The molecule has 0 bridgehead atoms. The number of carbonyl (C=O) groups is 1. The second-order valence-corrected chi connectivity index (χ2v) is 5.99. The van der Waals surface area contributed by atoms with Crippen LogP contribution in [-0.4, -0.2) is 54.5 Å². The highest BCUT2D eigenvalue weighted by Gasteiger charge is 2.34. The molecule has 0 aromatic heterocycles. The van der Waals surface area contributed by atoms with Crippen molar-refractivity contribution >= 4 is 5.91 Å². The highest BCUT2D eigenvalue weighted by Crippen LogP contribution is 2.21. The van der Waals surface area contributed by atoms with Gasteiger partial charge >= 0.3 is 0 Å². The van der Waals surface area contributed by atoms with E-state index in [2.05, 4.69) is 18.9 Å². The average molecular weight is 227 g/mol. The Morgan fingerprint density at radius 2 is 1.94 bits per heavy atom.